The van der Waals surface area contributed by atoms with Gasteiger partial charge in [0.05, 0.1) is 7.11 Å². The van der Waals surface area contributed by atoms with Gasteiger partial charge in [-0.2, -0.15) is 13.2 Å². The molecule has 0 bridgehead atoms. The Hall–Kier alpha value is -2.64. The number of carbonyl (C=O) groups excluding carboxylic acids is 1. The Morgan fingerprint density at radius 2 is 1.62 bits per heavy atom. The van der Waals surface area contributed by atoms with E-state index in [0.717, 1.165) is 7.11 Å². The van der Waals surface area contributed by atoms with Crippen molar-refractivity contribution < 1.29 is 31.5 Å². The maximum atomic E-state index is 13.8. The van der Waals surface area contributed by atoms with Gasteiger partial charge in [0.2, 0.25) is 0 Å². The molecule has 0 unspecified atom stereocenters. The summed E-state index contributed by atoms with van der Waals surface area (Å²) in [4.78, 5) is 11.3. The number of esters is 1. The number of halogens is 5. The van der Waals surface area contributed by atoms with Crippen LogP contribution in [0, 0.1) is 11.6 Å². The fourth-order valence-corrected chi connectivity index (χ4v) is 2.12. The van der Waals surface area contributed by atoms with Crippen molar-refractivity contribution in [3.63, 3.8) is 0 Å². The highest BCUT2D eigenvalue weighted by molar-refractivity contribution is 5.90. The second-order valence-corrected chi connectivity index (χ2v) is 4.84. The SMILES string of the molecule is COC(=O)c1c(F)cc(N[C@H](c2ccccc2)C(F)(F)F)cc1F. The summed E-state index contributed by atoms with van der Waals surface area (Å²) in [5.41, 5.74) is -1.54. The largest absolute Gasteiger partial charge is 0.465 e. The number of hydrogen-bond donors (Lipinski definition) is 1. The Labute approximate surface area is 134 Å². The van der Waals surface area contributed by atoms with Gasteiger partial charge in [-0.15, -0.1) is 0 Å². The van der Waals surface area contributed by atoms with Crippen LogP contribution in [0.25, 0.3) is 0 Å². The summed E-state index contributed by atoms with van der Waals surface area (Å²) < 4.78 is 71.6. The molecule has 0 aromatic heterocycles. The second kappa shape index (κ2) is 6.86. The van der Waals surface area contributed by atoms with Gasteiger partial charge >= 0.3 is 12.1 Å². The first-order valence-corrected chi connectivity index (χ1v) is 6.69. The molecular formula is C16H12F5NO2. The highest BCUT2D eigenvalue weighted by atomic mass is 19.4. The third-order valence-corrected chi connectivity index (χ3v) is 3.20. The molecule has 3 nitrogen and oxygen atoms in total. The molecule has 0 aliphatic carbocycles. The van der Waals surface area contributed by atoms with E-state index in [2.05, 4.69) is 4.74 Å². The molecule has 0 saturated heterocycles. The Morgan fingerprint density at radius 3 is 2.08 bits per heavy atom. The van der Waals surface area contributed by atoms with Gasteiger partial charge in [0.15, 0.2) is 0 Å². The van der Waals surface area contributed by atoms with E-state index < -0.39 is 41.1 Å². The number of benzene rings is 2. The van der Waals surface area contributed by atoms with Gasteiger partial charge < -0.3 is 10.1 Å². The first kappa shape index (κ1) is 17.7. The first-order chi connectivity index (χ1) is 11.2. The van der Waals surface area contributed by atoms with Gasteiger partial charge in [-0.3, -0.25) is 0 Å². The van der Waals surface area contributed by atoms with Crippen LogP contribution in [0.3, 0.4) is 0 Å². The van der Waals surface area contributed by atoms with Gasteiger partial charge in [-0.1, -0.05) is 30.3 Å². The number of alkyl halides is 3. The van der Waals surface area contributed by atoms with Crippen molar-refractivity contribution in [2.45, 2.75) is 12.2 Å². The standard InChI is InChI=1S/C16H12F5NO2/c1-24-15(23)13-11(17)7-10(8-12(13)18)22-14(16(19,20)21)9-5-3-2-4-6-9/h2-8,14,22H,1H3/t14-/m1/s1. The smallest absolute Gasteiger partial charge is 0.412 e. The summed E-state index contributed by atoms with van der Waals surface area (Å²) in [5.74, 6) is -3.90. The molecule has 0 radical (unpaired) electrons. The van der Waals surface area contributed by atoms with Crippen molar-refractivity contribution in [2.75, 3.05) is 12.4 Å². The van der Waals surface area contributed by atoms with Crippen LogP contribution < -0.4 is 5.32 Å². The number of ether oxygens (including phenoxy) is 1. The van der Waals surface area contributed by atoms with Gasteiger partial charge in [0.25, 0.3) is 0 Å². The van der Waals surface area contributed by atoms with E-state index >= 15 is 0 Å². The summed E-state index contributed by atoms with van der Waals surface area (Å²) in [6, 6.07) is 5.90. The minimum Gasteiger partial charge on any atom is -0.465 e. The van der Waals surface area contributed by atoms with E-state index in [1.807, 2.05) is 5.32 Å². The van der Waals surface area contributed by atoms with Crippen LogP contribution in [0.1, 0.15) is 22.0 Å². The van der Waals surface area contributed by atoms with Crippen LogP contribution in [0.5, 0.6) is 0 Å². The molecule has 0 heterocycles. The molecule has 2 aromatic rings. The van der Waals surface area contributed by atoms with E-state index in [-0.39, 0.29) is 5.56 Å². The third-order valence-electron chi connectivity index (χ3n) is 3.20. The highest BCUT2D eigenvalue weighted by Crippen LogP contribution is 2.36. The molecule has 0 aliphatic heterocycles. The predicted octanol–water partition coefficient (Wildman–Crippen LogP) is 4.47. The average molecular weight is 345 g/mol. The lowest BCUT2D eigenvalue weighted by Crippen LogP contribution is -2.28. The zero-order chi connectivity index (χ0) is 17.9. The topological polar surface area (TPSA) is 38.3 Å². The van der Waals surface area contributed by atoms with Crippen molar-refractivity contribution in [3.8, 4) is 0 Å². The first-order valence-electron chi connectivity index (χ1n) is 6.69. The molecule has 8 heteroatoms. The summed E-state index contributed by atoms with van der Waals surface area (Å²) in [5, 5.41) is 2.04. The predicted molar refractivity (Wildman–Crippen MR) is 76.6 cm³/mol. The highest BCUT2D eigenvalue weighted by Gasteiger charge is 2.41. The van der Waals surface area contributed by atoms with E-state index in [4.69, 9.17) is 0 Å². The minimum atomic E-state index is -4.70. The number of methoxy groups -OCH3 is 1. The maximum absolute atomic E-state index is 13.8. The van der Waals surface area contributed by atoms with Crippen LogP contribution in [0.2, 0.25) is 0 Å². The van der Waals surface area contributed by atoms with Crippen molar-refractivity contribution in [1.82, 2.24) is 0 Å². The Bertz CT molecular complexity index is 708. The van der Waals surface area contributed by atoms with Gasteiger partial charge in [-0.05, 0) is 17.7 Å². The molecule has 1 atom stereocenters. The van der Waals surface area contributed by atoms with Crippen molar-refractivity contribution >= 4 is 11.7 Å². The van der Waals surface area contributed by atoms with Crippen LogP contribution in [0.4, 0.5) is 27.6 Å². The lowest BCUT2D eigenvalue weighted by molar-refractivity contribution is -0.144. The van der Waals surface area contributed by atoms with Crippen molar-refractivity contribution in [1.29, 1.82) is 0 Å². The van der Waals surface area contributed by atoms with Crippen LogP contribution >= 0.6 is 0 Å². The maximum Gasteiger partial charge on any atom is 0.412 e. The van der Waals surface area contributed by atoms with E-state index in [1.165, 1.54) is 24.3 Å². The molecular weight excluding hydrogens is 333 g/mol. The number of nitrogens with one attached hydrogen (secondary N) is 1. The summed E-state index contributed by atoms with van der Waals surface area (Å²) >= 11 is 0. The zero-order valence-electron chi connectivity index (χ0n) is 12.3. The van der Waals surface area contributed by atoms with Gasteiger partial charge in [0, 0.05) is 5.69 Å². The molecule has 0 saturated carbocycles. The summed E-state index contributed by atoms with van der Waals surface area (Å²) in [6.07, 6.45) is -4.70. The van der Waals surface area contributed by atoms with Crippen LogP contribution in [0.15, 0.2) is 42.5 Å². The number of rotatable bonds is 4. The molecule has 2 aromatic carbocycles. The molecule has 128 valence electrons. The lowest BCUT2D eigenvalue weighted by Gasteiger charge is -2.23. The molecule has 0 fully saturated rings. The van der Waals surface area contributed by atoms with Crippen molar-refractivity contribution in [3.05, 3.63) is 65.2 Å². The Morgan fingerprint density at radius 1 is 1.08 bits per heavy atom. The molecule has 24 heavy (non-hydrogen) atoms. The van der Waals surface area contributed by atoms with E-state index in [0.29, 0.717) is 12.1 Å². The van der Waals surface area contributed by atoms with E-state index in [9.17, 15) is 26.7 Å². The fraction of sp³-hybridized carbons (Fsp3) is 0.188. The molecule has 2 rings (SSSR count). The zero-order valence-corrected chi connectivity index (χ0v) is 12.3. The molecule has 0 spiro atoms. The van der Waals surface area contributed by atoms with Gasteiger partial charge in [0.1, 0.15) is 23.2 Å². The molecule has 0 aliphatic rings. The van der Waals surface area contributed by atoms with Crippen LogP contribution in [-0.4, -0.2) is 19.3 Å². The average Bonchev–Trinajstić information content (AvgIpc) is 2.51. The Kier molecular flexibility index (Phi) is 5.06. The number of carbonyl (C=O) groups is 1. The second-order valence-electron chi connectivity index (χ2n) is 4.84. The minimum absolute atomic E-state index is 0.122. The monoisotopic (exact) mass is 345 g/mol. The number of anilines is 1. The molecule has 1 N–H and O–H groups in total. The summed E-state index contributed by atoms with van der Waals surface area (Å²) in [7, 11) is 0.933. The number of hydrogen-bond acceptors (Lipinski definition) is 3. The summed E-state index contributed by atoms with van der Waals surface area (Å²) in [6.45, 7) is 0. The fourth-order valence-electron chi connectivity index (χ4n) is 2.12. The Balaban J connectivity index is 2.39. The third kappa shape index (κ3) is 3.81. The lowest BCUT2D eigenvalue weighted by atomic mass is 10.1. The quantitative estimate of drug-likeness (QED) is 0.656. The van der Waals surface area contributed by atoms with Crippen molar-refractivity contribution in [2.24, 2.45) is 0 Å². The van der Waals surface area contributed by atoms with E-state index in [1.54, 1.807) is 6.07 Å². The van der Waals surface area contributed by atoms with Gasteiger partial charge in [-0.25, -0.2) is 13.6 Å². The van der Waals surface area contributed by atoms with Crippen LogP contribution in [-0.2, 0) is 4.74 Å². The normalized spacial score (nSPS) is 12.6. The molecule has 0 amide bonds.